The highest BCUT2D eigenvalue weighted by Crippen LogP contribution is 2.66. The van der Waals surface area contributed by atoms with Crippen molar-refractivity contribution in [2.75, 3.05) is 0 Å². The predicted octanol–water partition coefficient (Wildman–Crippen LogP) is 3.24. The van der Waals surface area contributed by atoms with Crippen molar-refractivity contribution in [2.45, 2.75) is 45.1 Å². The van der Waals surface area contributed by atoms with E-state index in [0.29, 0.717) is 6.92 Å². The Morgan fingerprint density at radius 3 is 1.81 bits per heavy atom. The first-order valence-corrected chi connectivity index (χ1v) is 5.15. The maximum absolute atomic E-state index is 13.8. The zero-order valence-corrected chi connectivity index (χ0v) is 9.11. The maximum Gasteiger partial charge on any atom is 0.402 e. The highest BCUT2D eigenvalue weighted by atomic mass is 19.4. The molecule has 0 spiro atoms. The Morgan fingerprint density at radius 2 is 1.44 bits per heavy atom. The highest BCUT2D eigenvalue weighted by molar-refractivity contribution is 5.16. The van der Waals surface area contributed by atoms with Crippen LogP contribution >= 0.6 is 0 Å². The van der Waals surface area contributed by atoms with Crippen LogP contribution in [0.3, 0.4) is 0 Å². The summed E-state index contributed by atoms with van der Waals surface area (Å²) < 4.78 is 70.9. The van der Waals surface area contributed by atoms with E-state index < -0.39 is 41.6 Å². The average Bonchev–Trinajstić information content (AvgIpc) is 2.50. The van der Waals surface area contributed by atoms with Crippen LogP contribution in [0.25, 0.3) is 0 Å². The lowest BCUT2D eigenvalue weighted by molar-refractivity contribution is -0.302. The lowest BCUT2D eigenvalue weighted by Crippen LogP contribution is -2.60. The molecule has 2 heterocycles. The number of halogens is 5. The molecule has 2 aliphatic rings. The van der Waals surface area contributed by atoms with E-state index in [-0.39, 0.29) is 0 Å². The smallest absolute Gasteiger partial charge is 0.367 e. The topological polar surface area (TPSA) is 9.23 Å². The highest BCUT2D eigenvalue weighted by Gasteiger charge is 2.82. The van der Waals surface area contributed by atoms with E-state index in [1.165, 1.54) is 13.8 Å². The number of hydrogen-bond acceptors (Lipinski definition) is 1. The number of ether oxygens (including phenoxy) is 1. The molecule has 16 heavy (non-hydrogen) atoms. The zero-order chi connectivity index (χ0) is 12.5. The molecule has 0 aromatic rings. The van der Waals surface area contributed by atoms with Crippen LogP contribution in [0, 0.1) is 17.3 Å². The first kappa shape index (κ1) is 12.1. The molecule has 2 bridgehead atoms. The Kier molecular flexibility index (Phi) is 2.18. The van der Waals surface area contributed by atoms with Crippen molar-refractivity contribution in [1.29, 1.82) is 0 Å². The normalized spacial score (nSPS) is 51.0. The van der Waals surface area contributed by atoms with Gasteiger partial charge in [0.15, 0.2) is 5.41 Å². The Morgan fingerprint density at radius 1 is 1.00 bits per heavy atom. The van der Waals surface area contributed by atoms with Crippen LogP contribution in [0.15, 0.2) is 0 Å². The van der Waals surface area contributed by atoms with Gasteiger partial charge in [-0.1, -0.05) is 13.8 Å². The van der Waals surface area contributed by atoms with Crippen LogP contribution in [0.5, 0.6) is 0 Å². The molecular formula is C10H13F5O. The lowest BCUT2D eigenvalue weighted by Gasteiger charge is -2.43. The van der Waals surface area contributed by atoms with Gasteiger partial charge in [-0.3, -0.25) is 0 Å². The molecular weight excluding hydrogens is 231 g/mol. The van der Waals surface area contributed by atoms with Crippen LogP contribution in [-0.2, 0) is 4.74 Å². The van der Waals surface area contributed by atoms with Crippen molar-refractivity contribution in [3.05, 3.63) is 0 Å². The van der Waals surface area contributed by atoms with Crippen molar-refractivity contribution in [3.63, 3.8) is 0 Å². The van der Waals surface area contributed by atoms with Gasteiger partial charge in [-0.2, -0.15) is 13.2 Å². The summed E-state index contributed by atoms with van der Waals surface area (Å²) in [6.45, 7) is 3.62. The Hall–Kier alpha value is -0.390. The van der Waals surface area contributed by atoms with Crippen LogP contribution < -0.4 is 0 Å². The third-order valence-corrected chi connectivity index (χ3v) is 4.29. The van der Waals surface area contributed by atoms with E-state index in [4.69, 9.17) is 4.74 Å². The molecule has 0 radical (unpaired) electrons. The second-order valence-corrected chi connectivity index (χ2v) is 5.02. The first-order chi connectivity index (χ1) is 7.05. The van der Waals surface area contributed by atoms with E-state index in [1.54, 1.807) is 0 Å². The third kappa shape index (κ3) is 1.04. The number of rotatable bonds is 0. The Labute approximate surface area is 90.0 Å². The van der Waals surface area contributed by atoms with E-state index in [0.717, 1.165) is 0 Å². The minimum Gasteiger partial charge on any atom is -0.367 e. The van der Waals surface area contributed by atoms with Gasteiger partial charge >= 0.3 is 6.18 Å². The second kappa shape index (κ2) is 2.89. The summed E-state index contributed by atoms with van der Waals surface area (Å²) in [5.74, 6) is -4.89. The van der Waals surface area contributed by atoms with Crippen molar-refractivity contribution < 1.29 is 26.7 Å². The van der Waals surface area contributed by atoms with Crippen LogP contribution in [-0.4, -0.2) is 24.3 Å². The van der Waals surface area contributed by atoms with Crippen LogP contribution in [0.2, 0.25) is 0 Å². The third-order valence-electron chi connectivity index (χ3n) is 4.29. The van der Waals surface area contributed by atoms with E-state index >= 15 is 0 Å². The summed E-state index contributed by atoms with van der Waals surface area (Å²) >= 11 is 0. The van der Waals surface area contributed by atoms with Gasteiger partial charge in [0.2, 0.25) is 0 Å². The molecule has 0 aliphatic carbocycles. The molecule has 1 nitrogen and oxygen atoms in total. The molecule has 0 saturated carbocycles. The van der Waals surface area contributed by atoms with Gasteiger partial charge in [0.1, 0.15) is 6.10 Å². The molecule has 0 aromatic heterocycles. The predicted molar refractivity (Wildman–Crippen MR) is 46.1 cm³/mol. The van der Waals surface area contributed by atoms with Gasteiger partial charge < -0.3 is 4.74 Å². The molecule has 94 valence electrons. The van der Waals surface area contributed by atoms with Crippen LogP contribution in [0.1, 0.15) is 20.8 Å². The van der Waals surface area contributed by atoms with Gasteiger partial charge in [0.25, 0.3) is 5.92 Å². The summed E-state index contributed by atoms with van der Waals surface area (Å²) in [6.07, 6.45) is -8.01. The fourth-order valence-corrected chi connectivity index (χ4v) is 2.87. The van der Waals surface area contributed by atoms with E-state index in [1.807, 2.05) is 0 Å². The fraction of sp³-hybridized carbons (Fsp3) is 1.00. The molecule has 2 aliphatic heterocycles. The molecule has 0 N–H and O–H groups in total. The van der Waals surface area contributed by atoms with E-state index in [2.05, 4.69) is 0 Å². The van der Waals surface area contributed by atoms with Crippen LogP contribution in [0.4, 0.5) is 22.0 Å². The molecule has 2 fully saturated rings. The summed E-state index contributed by atoms with van der Waals surface area (Å²) in [6, 6.07) is 0. The summed E-state index contributed by atoms with van der Waals surface area (Å²) in [5.41, 5.74) is -3.06. The number of hydrogen-bond donors (Lipinski definition) is 0. The molecule has 2 saturated heterocycles. The molecule has 5 unspecified atom stereocenters. The average molecular weight is 244 g/mol. The second-order valence-electron chi connectivity index (χ2n) is 5.02. The van der Waals surface area contributed by atoms with Gasteiger partial charge in [-0.15, -0.1) is 0 Å². The Bertz CT molecular complexity index is 313. The fourth-order valence-electron chi connectivity index (χ4n) is 2.87. The maximum atomic E-state index is 13.8. The molecule has 2 rings (SSSR count). The minimum atomic E-state index is -4.95. The molecule has 5 atom stereocenters. The summed E-state index contributed by atoms with van der Waals surface area (Å²) in [5, 5.41) is 0. The lowest BCUT2D eigenvalue weighted by atomic mass is 9.64. The standard InChI is InChI=1S/C10H13F5O/c1-4-5(2)7-9(11,12)8(3,6(4)16-7)10(13,14)15/h4-7H,1-3H3. The van der Waals surface area contributed by atoms with Crippen molar-refractivity contribution in [3.8, 4) is 0 Å². The molecule has 6 heteroatoms. The Balaban J connectivity index is 2.50. The largest absolute Gasteiger partial charge is 0.402 e. The molecule has 0 amide bonds. The van der Waals surface area contributed by atoms with Gasteiger partial charge in [-0.25, -0.2) is 8.78 Å². The minimum absolute atomic E-state index is 0.503. The summed E-state index contributed by atoms with van der Waals surface area (Å²) in [4.78, 5) is 0. The SMILES string of the molecule is CC1C(C)C2OC1C(F)(F)C2(C)C(F)(F)F. The van der Waals surface area contributed by atoms with Crippen molar-refractivity contribution in [2.24, 2.45) is 17.3 Å². The summed E-state index contributed by atoms with van der Waals surface area (Å²) in [7, 11) is 0. The monoisotopic (exact) mass is 244 g/mol. The quantitative estimate of drug-likeness (QED) is 0.594. The van der Waals surface area contributed by atoms with Crippen molar-refractivity contribution in [1.82, 2.24) is 0 Å². The molecule has 0 aromatic carbocycles. The van der Waals surface area contributed by atoms with Crippen molar-refractivity contribution >= 4 is 0 Å². The first-order valence-electron chi connectivity index (χ1n) is 5.15. The zero-order valence-electron chi connectivity index (χ0n) is 9.11. The van der Waals surface area contributed by atoms with E-state index in [9.17, 15) is 22.0 Å². The van der Waals surface area contributed by atoms with Gasteiger partial charge in [0, 0.05) is 0 Å². The van der Waals surface area contributed by atoms with Gasteiger partial charge in [-0.05, 0) is 18.8 Å². The number of alkyl halides is 5. The number of fused-ring (bicyclic) bond motifs is 2. The van der Waals surface area contributed by atoms with Gasteiger partial charge in [0.05, 0.1) is 6.10 Å².